The van der Waals surface area contributed by atoms with Crippen molar-refractivity contribution in [1.82, 2.24) is 4.98 Å². The Balaban J connectivity index is 1.90. The summed E-state index contributed by atoms with van der Waals surface area (Å²) in [7, 11) is -3.04. The zero-order chi connectivity index (χ0) is 30.7. The maximum absolute atomic E-state index is 15.7. The Morgan fingerprint density at radius 3 is 2.02 bits per heavy atom. The lowest BCUT2D eigenvalue weighted by atomic mass is 10.1. The maximum atomic E-state index is 15.7. The second-order valence-corrected chi connectivity index (χ2v) is 16.2. The summed E-state index contributed by atoms with van der Waals surface area (Å²) in [5, 5.41) is 1.47. The molecule has 42 heavy (non-hydrogen) atoms. The molecule has 2 aromatic carbocycles. The van der Waals surface area contributed by atoms with Gasteiger partial charge in [0.05, 0.1) is 36.8 Å². The van der Waals surface area contributed by atoms with Crippen LogP contribution in [0.1, 0.15) is 57.7 Å². The third-order valence-electron chi connectivity index (χ3n) is 7.38. The number of carbonyl (C=O) groups excluding carboxylic acids is 2. The Bertz CT molecular complexity index is 1370. The molecule has 0 amide bonds. The number of hydrogen-bond acceptors (Lipinski definition) is 7. The molecule has 224 valence electrons. The first kappa shape index (κ1) is 31.8. The van der Waals surface area contributed by atoms with E-state index in [9.17, 15) is 9.59 Å². The van der Waals surface area contributed by atoms with Gasteiger partial charge in [-0.25, -0.2) is 14.2 Å². The number of nitrogens with zero attached hydrogens (tertiary/aromatic N) is 2. The van der Waals surface area contributed by atoms with Crippen LogP contribution in [-0.2, 0) is 25.3 Å². The van der Waals surface area contributed by atoms with Gasteiger partial charge in [-0.3, -0.25) is 4.79 Å². The van der Waals surface area contributed by atoms with Crippen molar-refractivity contribution in [2.75, 3.05) is 24.6 Å². The largest absolute Gasteiger partial charge is 0.460 e. The van der Waals surface area contributed by atoms with E-state index in [-0.39, 0.29) is 41.2 Å². The number of pyridine rings is 1. The number of halogens is 2. The molecule has 2 atom stereocenters. The Labute approximate surface area is 253 Å². The number of carbonyl (C=O) groups is 2. The minimum Gasteiger partial charge on any atom is -0.460 e. The summed E-state index contributed by atoms with van der Waals surface area (Å²) in [6, 6.07) is 20.1. The van der Waals surface area contributed by atoms with Crippen molar-refractivity contribution in [3.05, 3.63) is 82.9 Å². The molecule has 0 aliphatic carbocycles. The number of ether oxygens (including phenoxy) is 2. The highest BCUT2D eigenvalue weighted by Gasteiger charge is 2.50. The molecule has 3 aromatic rings. The predicted octanol–water partition coefficient (Wildman–Crippen LogP) is 5.31. The van der Waals surface area contributed by atoms with Gasteiger partial charge in [0.15, 0.2) is 11.5 Å². The molecular weight excluding hydrogens is 575 g/mol. The van der Waals surface area contributed by atoms with Gasteiger partial charge in [0.2, 0.25) is 0 Å². The number of morpholine rings is 1. The average Bonchev–Trinajstić information content (AvgIpc) is 2.94. The molecule has 0 bridgehead atoms. The van der Waals surface area contributed by atoms with Crippen molar-refractivity contribution in [1.29, 1.82) is 0 Å². The molecule has 0 saturated carbocycles. The molecule has 4 rings (SSSR count). The lowest BCUT2D eigenvalue weighted by Gasteiger charge is -2.43. The van der Waals surface area contributed by atoms with Gasteiger partial charge in [-0.2, -0.15) is 0 Å². The predicted molar refractivity (Wildman–Crippen MR) is 165 cm³/mol. The van der Waals surface area contributed by atoms with Gasteiger partial charge in [0.1, 0.15) is 5.02 Å². The van der Waals surface area contributed by atoms with Crippen LogP contribution >= 0.6 is 11.6 Å². The van der Waals surface area contributed by atoms with E-state index in [2.05, 4.69) is 50.0 Å². The van der Waals surface area contributed by atoms with Crippen LogP contribution in [0.5, 0.6) is 0 Å². The summed E-state index contributed by atoms with van der Waals surface area (Å²) in [5.74, 6) is -3.45. The number of rotatable bonds is 9. The Morgan fingerprint density at radius 2 is 1.55 bits per heavy atom. The van der Waals surface area contributed by atoms with E-state index in [1.165, 1.54) is 0 Å². The molecular formula is C32H38ClFN2O5Si. The molecule has 2 heterocycles. The average molecular weight is 613 g/mol. The summed E-state index contributed by atoms with van der Waals surface area (Å²) in [6.45, 7) is 12.6. The first-order valence-corrected chi connectivity index (χ1v) is 16.4. The van der Waals surface area contributed by atoms with E-state index < -0.39 is 31.6 Å². The lowest BCUT2D eigenvalue weighted by molar-refractivity contribution is -0.137. The van der Waals surface area contributed by atoms with Crippen molar-refractivity contribution in [3.63, 3.8) is 0 Å². The summed E-state index contributed by atoms with van der Waals surface area (Å²) >= 11 is 6.69. The van der Waals surface area contributed by atoms with Crippen LogP contribution in [-0.4, -0.2) is 57.0 Å². The minimum atomic E-state index is -3.04. The molecule has 2 unspecified atom stereocenters. The van der Waals surface area contributed by atoms with Crippen molar-refractivity contribution in [2.24, 2.45) is 0 Å². The standard InChI is InChI=1S/C32H38ClFN2O5Si/c1-7-39-31(38)30(37)28-27(34)26(33)29(36-18-21(2)41-22(3)19-36)25(35-28)20-40-42(32(4,5)6,23-14-10-8-11-15-23)24-16-12-9-13-17-24/h8-17,21-22H,7,18-20H2,1-6H3. The van der Waals surface area contributed by atoms with Crippen LogP contribution in [0.3, 0.4) is 0 Å². The highest BCUT2D eigenvalue weighted by atomic mass is 35.5. The van der Waals surface area contributed by atoms with Crippen LogP contribution in [0.15, 0.2) is 60.7 Å². The quantitative estimate of drug-likeness (QED) is 0.140. The molecule has 1 aromatic heterocycles. The summed E-state index contributed by atoms with van der Waals surface area (Å²) in [4.78, 5) is 31.6. The van der Waals surface area contributed by atoms with E-state index in [1.807, 2.05) is 55.1 Å². The normalized spacial score (nSPS) is 17.7. The van der Waals surface area contributed by atoms with E-state index in [4.69, 9.17) is 25.5 Å². The fourth-order valence-corrected chi connectivity index (χ4v) is 10.6. The number of hydrogen-bond donors (Lipinski definition) is 0. The SMILES string of the molecule is CCOC(=O)C(=O)c1nc(CO[Si](c2ccccc2)(c2ccccc2)C(C)(C)C)c(N2CC(C)OC(C)C2)c(Cl)c1F. The van der Waals surface area contributed by atoms with Crippen LogP contribution in [0.2, 0.25) is 10.1 Å². The topological polar surface area (TPSA) is 78.0 Å². The van der Waals surface area contributed by atoms with Crippen LogP contribution in [0.25, 0.3) is 0 Å². The molecule has 0 spiro atoms. The van der Waals surface area contributed by atoms with Crippen molar-refractivity contribution < 1.29 is 27.9 Å². The van der Waals surface area contributed by atoms with Gasteiger partial charge in [0.25, 0.3) is 14.1 Å². The van der Waals surface area contributed by atoms with E-state index in [0.717, 1.165) is 10.4 Å². The minimum absolute atomic E-state index is 0.0363. The van der Waals surface area contributed by atoms with Gasteiger partial charge in [-0.05, 0) is 36.2 Å². The Kier molecular flexibility index (Phi) is 9.87. The van der Waals surface area contributed by atoms with Crippen molar-refractivity contribution in [2.45, 2.75) is 65.4 Å². The van der Waals surface area contributed by atoms with Gasteiger partial charge in [-0.15, -0.1) is 0 Å². The smallest absolute Gasteiger partial charge is 0.381 e. The summed E-state index contributed by atoms with van der Waals surface area (Å²) in [5.41, 5.74) is -0.0875. The zero-order valence-corrected chi connectivity index (χ0v) is 26.7. The third kappa shape index (κ3) is 6.29. The van der Waals surface area contributed by atoms with Gasteiger partial charge in [-0.1, -0.05) is 93.0 Å². The summed E-state index contributed by atoms with van der Waals surface area (Å²) in [6.07, 6.45) is -0.307. The Morgan fingerprint density at radius 1 is 1.02 bits per heavy atom. The first-order valence-electron chi connectivity index (χ1n) is 14.1. The van der Waals surface area contributed by atoms with Gasteiger partial charge < -0.3 is 18.8 Å². The Hall–Kier alpha value is -3.11. The van der Waals surface area contributed by atoms with Crippen LogP contribution in [0, 0.1) is 5.82 Å². The molecule has 1 aliphatic rings. The molecule has 1 saturated heterocycles. The number of esters is 1. The fourth-order valence-electron chi connectivity index (χ4n) is 5.74. The monoisotopic (exact) mass is 612 g/mol. The van der Waals surface area contributed by atoms with E-state index in [1.54, 1.807) is 6.92 Å². The number of Topliss-reactive ketones (excluding diaryl/α,β-unsaturated/α-hetero) is 1. The molecule has 0 radical (unpaired) electrons. The molecule has 0 N–H and O–H groups in total. The number of ketones is 1. The zero-order valence-electron chi connectivity index (χ0n) is 24.9. The van der Waals surface area contributed by atoms with Crippen LogP contribution < -0.4 is 15.3 Å². The van der Waals surface area contributed by atoms with E-state index >= 15 is 4.39 Å². The van der Waals surface area contributed by atoms with Crippen molar-refractivity contribution in [3.8, 4) is 0 Å². The summed E-state index contributed by atoms with van der Waals surface area (Å²) < 4.78 is 33.6. The van der Waals surface area contributed by atoms with E-state index in [0.29, 0.717) is 18.8 Å². The van der Waals surface area contributed by atoms with Gasteiger partial charge >= 0.3 is 5.97 Å². The second kappa shape index (κ2) is 13.0. The number of aromatic nitrogens is 1. The molecule has 10 heteroatoms. The second-order valence-electron chi connectivity index (χ2n) is 11.5. The molecule has 1 fully saturated rings. The van der Waals surface area contributed by atoms with Gasteiger partial charge in [0, 0.05) is 13.1 Å². The first-order chi connectivity index (χ1) is 19.9. The van der Waals surface area contributed by atoms with Crippen LogP contribution in [0.4, 0.5) is 10.1 Å². The van der Waals surface area contributed by atoms with Crippen molar-refractivity contribution >= 4 is 47.7 Å². The lowest BCUT2D eigenvalue weighted by Crippen LogP contribution is -2.66. The number of benzene rings is 2. The highest BCUT2D eigenvalue weighted by Crippen LogP contribution is 2.40. The highest BCUT2D eigenvalue weighted by molar-refractivity contribution is 6.99. The molecule has 7 nitrogen and oxygen atoms in total. The number of anilines is 1. The maximum Gasteiger partial charge on any atom is 0.381 e. The fraction of sp³-hybridized carbons (Fsp3) is 0.406. The molecule has 1 aliphatic heterocycles. The third-order valence-corrected chi connectivity index (χ3v) is 12.7.